The molecular weight excluding hydrogens is 266 g/mol. The highest BCUT2D eigenvalue weighted by atomic mass is 35.5. The van der Waals surface area contributed by atoms with Crippen molar-refractivity contribution in [3.63, 3.8) is 0 Å². The second-order valence-electron chi connectivity index (χ2n) is 4.85. The molecular formula is C14H16ClNO3. The smallest absolute Gasteiger partial charge is 0.303 e. The summed E-state index contributed by atoms with van der Waals surface area (Å²) in [6.07, 6.45) is 1.68. The Morgan fingerprint density at radius 3 is 2.89 bits per heavy atom. The lowest BCUT2D eigenvalue weighted by atomic mass is 10.0. The summed E-state index contributed by atoms with van der Waals surface area (Å²) >= 11 is 5.87. The van der Waals surface area contributed by atoms with Crippen molar-refractivity contribution in [1.29, 1.82) is 0 Å². The van der Waals surface area contributed by atoms with Gasteiger partial charge in [0.2, 0.25) is 0 Å². The fraction of sp³-hybridized carbons (Fsp3) is 0.429. The van der Waals surface area contributed by atoms with Crippen LogP contribution in [0.25, 0.3) is 0 Å². The van der Waals surface area contributed by atoms with Gasteiger partial charge < -0.3 is 10.0 Å². The third kappa shape index (κ3) is 3.70. The molecule has 0 spiro atoms. The van der Waals surface area contributed by atoms with Crippen molar-refractivity contribution in [2.75, 3.05) is 13.1 Å². The minimum absolute atomic E-state index is 0.0275. The highest BCUT2D eigenvalue weighted by Crippen LogP contribution is 2.23. The number of benzene rings is 1. The summed E-state index contributed by atoms with van der Waals surface area (Å²) in [4.78, 5) is 24.5. The second kappa shape index (κ2) is 6.06. The van der Waals surface area contributed by atoms with E-state index in [-0.39, 0.29) is 12.3 Å². The van der Waals surface area contributed by atoms with Gasteiger partial charge in [0.1, 0.15) is 0 Å². The standard InChI is InChI=1S/C14H16ClNO3/c15-12-3-1-2-11(8-12)14(19)16-7-6-10(9-16)4-5-13(17)18/h1-3,8,10H,4-7,9H2,(H,17,18). The van der Waals surface area contributed by atoms with Crippen molar-refractivity contribution in [1.82, 2.24) is 4.90 Å². The molecule has 1 aromatic carbocycles. The summed E-state index contributed by atoms with van der Waals surface area (Å²) in [5.74, 6) is -0.515. The number of aliphatic carboxylic acids is 1. The Labute approximate surface area is 117 Å². The lowest BCUT2D eigenvalue weighted by Crippen LogP contribution is -2.28. The number of likely N-dealkylation sites (tertiary alicyclic amines) is 1. The highest BCUT2D eigenvalue weighted by Gasteiger charge is 2.27. The molecule has 1 fully saturated rings. The van der Waals surface area contributed by atoms with Crippen molar-refractivity contribution in [3.8, 4) is 0 Å². The first-order chi connectivity index (χ1) is 9.06. The summed E-state index contributed by atoms with van der Waals surface area (Å²) < 4.78 is 0. The van der Waals surface area contributed by atoms with Gasteiger partial charge in [0.05, 0.1) is 0 Å². The fourth-order valence-corrected chi connectivity index (χ4v) is 2.57. The van der Waals surface area contributed by atoms with E-state index in [0.717, 1.165) is 6.42 Å². The molecule has 1 N–H and O–H groups in total. The Morgan fingerprint density at radius 1 is 1.42 bits per heavy atom. The average molecular weight is 282 g/mol. The number of carboxylic acid groups (broad SMARTS) is 1. The number of hydrogen-bond donors (Lipinski definition) is 1. The molecule has 2 rings (SSSR count). The van der Waals surface area contributed by atoms with Crippen LogP contribution in [-0.4, -0.2) is 35.0 Å². The average Bonchev–Trinajstić information content (AvgIpc) is 2.84. The third-order valence-corrected chi connectivity index (χ3v) is 3.65. The Kier molecular flexibility index (Phi) is 4.43. The van der Waals surface area contributed by atoms with Crippen LogP contribution < -0.4 is 0 Å². The zero-order chi connectivity index (χ0) is 13.8. The fourth-order valence-electron chi connectivity index (χ4n) is 2.38. The monoisotopic (exact) mass is 281 g/mol. The number of nitrogens with zero attached hydrogens (tertiary/aromatic N) is 1. The Balaban J connectivity index is 1.93. The summed E-state index contributed by atoms with van der Waals surface area (Å²) in [5, 5.41) is 9.21. The van der Waals surface area contributed by atoms with Gasteiger partial charge in [-0.05, 0) is 37.0 Å². The van der Waals surface area contributed by atoms with Crippen LogP contribution in [0.15, 0.2) is 24.3 Å². The van der Waals surface area contributed by atoms with Crippen molar-refractivity contribution in [3.05, 3.63) is 34.9 Å². The zero-order valence-electron chi connectivity index (χ0n) is 10.5. The summed E-state index contributed by atoms with van der Waals surface area (Å²) in [6, 6.07) is 6.90. The van der Waals surface area contributed by atoms with Gasteiger partial charge in [-0.15, -0.1) is 0 Å². The summed E-state index contributed by atoms with van der Waals surface area (Å²) in [5.41, 5.74) is 0.589. The van der Waals surface area contributed by atoms with Gasteiger partial charge in [0.15, 0.2) is 0 Å². The molecule has 1 amide bonds. The van der Waals surface area contributed by atoms with E-state index < -0.39 is 5.97 Å². The normalized spacial score (nSPS) is 18.6. The van der Waals surface area contributed by atoms with Crippen LogP contribution in [-0.2, 0) is 4.79 Å². The van der Waals surface area contributed by atoms with Crippen molar-refractivity contribution < 1.29 is 14.7 Å². The first-order valence-corrected chi connectivity index (χ1v) is 6.70. The molecule has 0 bridgehead atoms. The molecule has 1 aliphatic heterocycles. The van der Waals surface area contributed by atoms with Crippen LogP contribution in [0.1, 0.15) is 29.6 Å². The molecule has 0 aliphatic carbocycles. The van der Waals surface area contributed by atoms with Gasteiger partial charge in [-0.25, -0.2) is 0 Å². The maximum Gasteiger partial charge on any atom is 0.303 e. The van der Waals surface area contributed by atoms with Gasteiger partial charge in [-0.1, -0.05) is 17.7 Å². The van der Waals surface area contributed by atoms with Gasteiger partial charge >= 0.3 is 5.97 Å². The van der Waals surface area contributed by atoms with Gasteiger partial charge in [0.25, 0.3) is 5.91 Å². The van der Waals surface area contributed by atoms with Crippen LogP contribution >= 0.6 is 11.6 Å². The van der Waals surface area contributed by atoms with Gasteiger partial charge in [-0.2, -0.15) is 0 Å². The number of halogens is 1. The maximum atomic E-state index is 12.2. The SMILES string of the molecule is O=C(O)CCC1CCN(C(=O)c2cccc(Cl)c2)C1. The molecule has 0 radical (unpaired) electrons. The van der Waals surface area contributed by atoms with E-state index in [1.165, 1.54) is 0 Å². The van der Waals surface area contributed by atoms with Crippen LogP contribution in [0.4, 0.5) is 0 Å². The molecule has 1 saturated heterocycles. The van der Waals surface area contributed by atoms with E-state index in [1.54, 1.807) is 29.2 Å². The molecule has 1 aromatic rings. The number of hydrogen-bond acceptors (Lipinski definition) is 2. The number of carboxylic acids is 1. The molecule has 1 aliphatic rings. The van der Waals surface area contributed by atoms with Crippen molar-refractivity contribution in [2.24, 2.45) is 5.92 Å². The van der Waals surface area contributed by atoms with Crippen LogP contribution in [0.3, 0.4) is 0 Å². The first kappa shape index (κ1) is 13.9. The van der Waals surface area contributed by atoms with E-state index in [0.29, 0.717) is 36.0 Å². The molecule has 0 saturated carbocycles. The Bertz CT molecular complexity index is 489. The lowest BCUT2D eigenvalue weighted by Gasteiger charge is -2.16. The minimum atomic E-state index is -0.778. The quantitative estimate of drug-likeness (QED) is 0.923. The third-order valence-electron chi connectivity index (χ3n) is 3.41. The first-order valence-electron chi connectivity index (χ1n) is 6.33. The molecule has 1 unspecified atom stereocenters. The van der Waals surface area contributed by atoms with E-state index >= 15 is 0 Å². The summed E-state index contributed by atoms with van der Waals surface area (Å²) in [7, 11) is 0. The minimum Gasteiger partial charge on any atom is -0.481 e. The predicted molar refractivity (Wildman–Crippen MR) is 72.3 cm³/mol. The Morgan fingerprint density at radius 2 is 2.21 bits per heavy atom. The van der Waals surface area contributed by atoms with Gasteiger partial charge in [0, 0.05) is 30.1 Å². The number of carbonyl (C=O) groups is 2. The van der Waals surface area contributed by atoms with E-state index in [4.69, 9.17) is 16.7 Å². The molecule has 0 aromatic heterocycles. The molecule has 1 atom stereocenters. The van der Waals surface area contributed by atoms with Crippen LogP contribution in [0.2, 0.25) is 5.02 Å². The zero-order valence-corrected chi connectivity index (χ0v) is 11.3. The van der Waals surface area contributed by atoms with Crippen LogP contribution in [0, 0.1) is 5.92 Å². The maximum absolute atomic E-state index is 12.2. The number of amides is 1. The predicted octanol–water partition coefficient (Wildman–Crippen LogP) is 2.67. The van der Waals surface area contributed by atoms with Crippen LogP contribution in [0.5, 0.6) is 0 Å². The van der Waals surface area contributed by atoms with Gasteiger partial charge in [-0.3, -0.25) is 9.59 Å². The molecule has 102 valence electrons. The second-order valence-corrected chi connectivity index (χ2v) is 5.29. The molecule has 4 nitrogen and oxygen atoms in total. The highest BCUT2D eigenvalue weighted by molar-refractivity contribution is 6.30. The van der Waals surface area contributed by atoms with E-state index in [1.807, 2.05) is 0 Å². The number of rotatable bonds is 4. The molecule has 1 heterocycles. The summed E-state index contributed by atoms with van der Waals surface area (Å²) in [6.45, 7) is 1.33. The Hall–Kier alpha value is -1.55. The van der Waals surface area contributed by atoms with Crippen molar-refractivity contribution in [2.45, 2.75) is 19.3 Å². The number of carbonyl (C=O) groups excluding carboxylic acids is 1. The molecule has 5 heteroatoms. The topological polar surface area (TPSA) is 57.6 Å². The van der Waals surface area contributed by atoms with E-state index in [2.05, 4.69) is 0 Å². The van der Waals surface area contributed by atoms with E-state index in [9.17, 15) is 9.59 Å². The van der Waals surface area contributed by atoms with Crippen molar-refractivity contribution >= 4 is 23.5 Å². The largest absolute Gasteiger partial charge is 0.481 e. The molecule has 19 heavy (non-hydrogen) atoms. The lowest BCUT2D eigenvalue weighted by molar-refractivity contribution is -0.137.